The first-order chi connectivity index (χ1) is 11.1. The van der Waals surface area contributed by atoms with Gasteiger partial charge in [-0.05, 0) is 19.1 Å². The monoisotopic (exact) mass is 349 g/mol. The Kier molecular flexibility index (Phi) is 6.59. The number of aliphatic carboxylic acids is 1. The summed E-state index contributed by atoms with van der Waals surface area (Å²) < 4.78 is 48.3. The van der Waals surface area contributed by atoms with Gasteiger partial charge in [0.1, 0.15) is 5.75 Å². The fourth-order valence-corrected chi connectivity index (χ4v) is 2.13. The first-order valence-corrected chi connectivity index (χ1v) is 6.88. The molecule has 0 aromatic heterocycles. The van der Waals surface area contributed by atoms with Crippen molar-refractivity contribution in [2.24, 2.45) is 0 Å². The number of ether oxygens (including phenoxy) is 2. The molecule has 1 aromatic carbocycles. The van der Waals surface area contributed by atoms with Gasteiger partial charge < -0.3 is 19.9 Å². The fourth-order valence-electron chi connectivity index (χ4n) is 2.13. The van der Waals surface area contributed by atoms with Crippen molar-refractivity contribution >= 4 is 11.9 Å². The van der Waals surface area contributed by atoms with E-state index < -0.39 is 47.9 Å². The molecule has 0 fully saturated rings. The molecule has 1 unspecified atom stereocenters. The van der Waals surface area contributed by atoms with Crippen molar-refractivity contribution in [3.8, 4) is 5.75 Å². The topological polar surface area (TPSA) is 84.9 Å². The maximum Gasteiger partial charge on any atom is 0.419 e. The van der Waals surface area contributed by atoms with E-state index in [-0.39, 0.29) is 6.61 Å². The van der Waals surface area contributed by atoms with Gasteiger partial charge in [0, 0.05) is 7.11 Å². The summed E-state index contributed by atoms with van der Waals surface area (Å²) in [5, 5.41) is 11.3. The minimum atomic E-state index is -4.61. The summed E-state index contributed by atoms with van der Waals surface area (Å²) in [6.45, 7) is 0.683. The Balaban J connectivity index is 2.74. The zero-order valence-corrected chi connectivity index (χ0v) is 13.1. The van der Waals surface area contributed by atoms with Crippen molar-refractivity contribution in [1.82, 2.24) is 5.32 Å². The first kappa shape index (κ1) is 19.8. The molecule has 0 bridgehead atoms. The van der Waals surface area contributed by atoms with Crippen molar-refractivity contribution in [1.29, 1.82) is 0 Å². The zero-order valence-electron chi connectivity index (χ0n) is 13.1. The van der Waals surface area contributed by atoms with Gasteiger partial charge in [-0.15, -0.1) is 0 Å². The molecule has 0 aliphatic heterocycles. The summed E-state index contributed by atoms with van der Waals surface area (Å²) in [6.07, 6.45) is -5.02. The van der Waals surface area contributed by atoms with E-state index in [9.17, 15) is 22.8 Å². The van der Waals surface area contributed by atoms with Crippen LogP contribution in [0.1, 0.15) is 18.9 Å². The third-order valence-corrected chi connectivity index (χ3v) is 3.00. The molecule has 2 N–H and O–H groups in total. The number of hydrogen-bond acceptors (Lipinski definition) is 4. The molecule has 0 saturated heterocycles. The Bertz CT molecular complexity index is 591. The number of alkyl halides is 3. The van der Waals surface area contributed by atoms with Crippen molar-refractivity contribution in [3.05, 3.63) is 29.8 Å². The van der Waals surface area contributed by atoms with Gasteiger partial charge in [-0.25, -0.2) is 0 Å². The molecule has 1 aromatic rings. The van der Waals surface area contributed by atoms with Gasteiger partial charge in [-0.2, -0.15) is 13.2 Å². The SMILES string of the molecule is COCC(C)(CC(=O)O)NC(=O)COc1ccccc1C(F)(F)F. The number of halogens is 3. The van der Waals surface area contributed by atoms with Crippen LogP contribution in [0.3, 0.4) is 0 Å². The van der Waals surface area contributed by atoms with Gasteiger partial charge >= 0.3 is 12.1 Å². The highest BCUT2D eigenvalue weighted by molar-refractivity contribution is 5.79. The minimum absolute atomic E-state index is 0.0792. The van der Waals surface area contributed by atoms with E-state index in [4.69, 9.17) is 14.6 Å². The van der Waals surface area contributed by atoms with E-state index >= 15 is 0 Å². The average molecular weight is 349 g/mol. The first-order valence-electron chi connectivity index (χ1n) is 6.88. The highest BCUT2D eigenvalue weighted by Crippen LogP contribution is 2.35. The number of hydrogen-bond donors (Lipinski definition) is 2. The van der Waals surface area contributed by atoms with Crippen LogP contribution in [0.15, 0.2) is 24.3 Å². The molecule has 0 radical (unpaired) electrons. The number of benzene rings is 1. The molecular formula is C15H18F3NO5. The van der Waals surface area contributed by atoms with Crippen molar-refractivity contribution in [2.75, 3.05) is 20.3 Å². The van der Waals surface area contributed by atoms with Crippen LogP contribution in [0.25, 0.3) is 0 Å². The highest BCUT2D eigenvalue weighted by Gasteiger charge is 2.34. The number of carbonyl (C=O) groups excluding carboxylic acids is 1. The second kappa shape index (κ2) is 8.00. The largest absolute Gasteiger partial charge is 0.483 e. The molecule has 0 aliphatic carbocycles. The molecule has 0 heterocycles. The third-order valence-electron chi connectivity index (χ3n) is 3.00. The molecule has 0 aliphatic rings. The normalized spacial score (nSPS) is 13.9. The summed E-state index contributed by atoms with van der Waals surface area (Å²) in [5.74, 6) is -2.39. The lowest BCUT2D eigenvalue weighted by Gasteiger charge is -2.28. The Labute approximate surface area is 136 Å². The Morgan fingerprint density at radius 1 is 1.25 bits per heavy atom. The third kappa shape index (κ3) is 6.07. The molecule has 1 rings (SSSR count). The van der Waals surface area contributed by atoms with E-state index in [0.29, 0.717) is 0 Å². The van der Waals surface area contributed by atoms with Gasteiger partial charge in [0.25, 0.3) is 5.91 Å². The van der Waals surface area contributed by atoms with Crippen molar-refractivity contribution in [3.63, 3.8) is 0 Å². The lowest BCUT2D eigenvalue weighted by molar-refractivity contribution is -0.141. The van der Waals surface area contributed by atoms with Crippen LogP contribution in [0.2, 0.25) is 0 Å². The van der Waals surface area contributed by atoms with Crippen LogP contribution in [-0.2, 0) is 20.5 Å². The molecule has 9 heteroatoms. The Morgan fingerprint density at radius 2 is 1.88 bits per heavy atom. The number of rotatable bonds is 8. The predicted molar refractivity (Wildman–Crippen MR) is 77.6 cm³/mol. The van der Waals surface area contributed by atoms with Gasteiger partial charge in [0.2, 0.25) is 0 Å². The molecule has 0 spiro atoms. The quantitative estimate of drug-likeness (QED) is 0.751. The average Bonchev–Trinajstić information content (AvgIpc) is 2.43. The number of methoxy groups -OCH3 is 1. The predicted octanol–water partition coefficient (Wildman–Crippen LogP) is 2.08. The van der Waals surface area contributed by atoms with E-state index in [2.05, 4.69) is 5.32 Å². The van der Waals surface area contributed by atoms with Gasteiger partial charge in [-0.1, -0.05) is 12.1 Å². The van der Waals surface area contributed by atoms with Crippen molar-refractivity contribution < 1.29 is 37.3 Å². The molecule has 0 saturated carbocycles. The summed E-state index contributed by atoms with van der Waals surface area (Å²) in [6, 6.07) is 4.49. The number of para-hydroxylation sites is 1. The highest BCUT2D eigenvalue weighted by atomic mass is 19.4. The van der Waals surface area contributed by atoms with Gasteiger partial charge in [0.15, 0.2) is 6.61 Å². The van der Waals surface area contributed by atoms with Gasteiger partial charge in [-0.3, -0.25) is 9.59 Å². The molecule has 1 amide bonds. The summed E-state index contributed by atoms with van der Waals surface area (Å²) >= 11 is 0. The van der Waals surface area contributed by atoms with Crippen molar-refractivity contribution in [2.45, 2.75) is 25.1 Å². The number of carboxylic acids is 1. The smallest absolute Gasteiger partial charge is 0.419 e. The molecular weight excluding hydrogens is 331 g/mol. The summed E-state index contributed by atoms with van der Waals surface area (Å²) in [4.78, 5) is 22.7. The number of carboxylic acid groups (broad SMARTS) is 1. The number of amides is 1. The van der Waals surface area contributed by atoms with Crippen LogP contribution in [-0.4, -0.2) is 42.8 Å². The molecule has 134 valence electrons. The van der Waals surface area contributed by atoms with Gasteiger partial charge in [0.05, 0.1) is 24.1 Å². The molecule has 1 atom stereocenters. The molecule has 6 nitrogen and oxygen atoms in total. The maximum atomic E-state index is 12.8. The lowest BCUT2D eigenvalue weighted by Crippen LogP contribution is -2.52. The Hall–Kier alpha value is -2.29. The van der Waals surface area contributed by atoms with E-state index in [1.54, 1.807) is 0 Å². The van der Waals surface area contributed by atoms with Crippen LogP contribution < -0.4 is 10.1 Å². The van der Waals surface area contributed by atoms with E-state index in [1.807, 2.05) is 0 Å². The van der Waals surface area contributed by atoms with Crippen LogP contribution in [0, 0.1) is 0 Å². The molecule has 24 heavy (non-hydrogen) atoms. The van der Waals surface area contributed by atoms with E-state index in [1.165, 1.54) is 26.2 Å². The van der Waals surface area contributed by atoms with Crippen LogP contribution >= 0.6 is 0 Å². The van der Waals surface area contributed by atoms with E-state index in [0.717, 1.165) is 12.1 Å². The fraction of sp³-hybridized carbons (Fsp3) is 0.467. The summed E-state index contributed by atoms with van der Waals surface area (Å²) in [5.41, 5.74) is -2.20. The Morgan fingerprint density at radius 3 is 2.42 bits per heavy atom. The standard InChI is InChI=1S/C15H18F3NO5/c1-14(9-23-2,7-13(21)22)19-12(20)8-24-11-6-4-3-5-10(11)15(16,17)18/h3-6H,7-9H2,1-2H3,(H,19,20)(H,21,22). The van der Waals surface area contributed by atoms with Crippen LogP contribution in [0.5, 0.6) is 5.75 Å². The summed E-state index contributed by atoms with van der Waals surface area (Å²) in [7, 11) is 1.34. The zero-order chi connectivity index (χ0) is 18.4. The number of carbonyl (C=O) groups is 2. The second-order valence-corrected chi connectivity index (χ2v) is 5.39. The maximum absolute atomic E-state index is 12.8. The van der Waals surface area contributed by atoms with Crippen LogP contribution in [0.4, 0.5) is 13.2 Å². The number of nitrogens with one attached hydrogen (secondary N) is 1. The minimum Gasteiger partial charge on any atom is -0.483 e. The second-order valence-electron chi connectivity index (χ2n) is 5.39. The lowest BCUT2D eigenvalue weighted by atomic mass is 9.99.